The number of hydrogen-bond donors (Lipinski definition) is 0. The molecule has 0 spiro atoms. The molecule has 0 bridgehead atoms. The molecular formula is C18H22N4O. The van der Waals surface area contributed by atoms with Crippen LogP contribution < -0.4 is 0 Å². The number of fused-ring (bicyclic) bond motifs is 1. The highest BCUT2D eigenvalue weighted by atomic mass is 16.3. The number of aromatic nitrogens is 3. The second kappa shape index (κ2) is 5.81. The van der Waals surface area contributed by atoms with Crippen LogP contribution in [0.1, 0.15) is 44.3 Å². The van der Waals surface area contributed by atoms with Gasteiger partial charge in [-0.2, -0.15) is 0 Å². The average molecular weight is 310 g/mol. The number of rotatable bonds is 4. The van der Waals surface area contributed by atoms with Crippen molar-refractivity contribution >= 4 is 11.2 Å². The summed E-state index contributed by atoms with van der Waals surface area (Å²) in [4.78, 5) is 12.0. The van der Waals surface area contributed by atoms with Gasteiger partial charge in [-0.3, -0.25) is 4.90 Å². The van der Waals surface area contributed by atoms with Gasteiger partial charge in [-0.1, -0.05) is 0 Å². The number of pyridine rings is 1. The van der Waals surface area contributed by atoms with E-state index in [-0.39, 0.29) is 0 Å². The van der Waals surface area contributed by atoms with Gasteiger partial charge in [-0.25, -0.2) is 9.97 Å². The molecule has 1 aliphatic heterocycles. The standard InChI is InChI=1S/C18H22N4O/c1-13(2)21-10-4-8-16(21)18-20-15-7-3-9-19-17(15)22(18)12-14-6-5-11-23-14/h3,5-7,9,11,13,16H,4,8,10,12H2,1-2H3. The maximum Gasteiger partial charge on any atom is 0.160 e. The largest absolute Gasteiger partial charge is 0.467 e. The summed E-state index contributed by atoms with van der Waals surface area (Å²) in [5, 5.41) is 0. The van der Waals surface area contributed by atoms with Crippen LogP contribution in [0.5, 0.6) is 0 Å². The summed E-state index contributed by atoms with van der Waals surface area (Å²) in [7, 11) is 0. The first-order chi connectivity index (χ1) is 11.2. The fraction of sp³-hybridized carbons (Fsp3) is 0.444. The molecule has 1 aliphatic rings. The van der Waals surface area contributed by atoms with Crippen LogP contribution in [0.3, 0.4) is 0 Å². The predicted molar refractivity (Wildman–Crippen MR) is 89.2 cm³/mol. The van der Waals surface area contributed by atoms with E-state index in [2.05, 4.69) is 28.3 Å². The summed E-state index contributed by atoms with van der Waals surface area (Å²) in [5.74, 6) is 2.05. The third-order valence-electron chi connectivity index (χ3n) is 4.68. The number of imidazole rings is 1. The number of nitrogens with zero attached hydrogens (tertiary/aromatic N) is 4. The molecular weight excluding hydrogens is 288 g/mol. The van der Waals surface area contributed by atoms with E-state index in [0.29, 0.717) is 18.6 Å². The summed E-state index contributed by atoms with van der Waals surface area (Å²) in [5.41, 5.74) is 1.90. The predicted octanol–water partition coefficient (Wildman–Crippen LogP) is 3.62. The molecule has 0 aliphatic carbocycles. The Morgan fingerprint density at radius 2 is 2.22 bits per heavy atom. The van der Waals surface area contributed by atoms with Gasteiger partial charge < -0.3 is 8.98 Å². The molecule has 23 heavy (non-hydrogen) atoms. The highest BCUT2D eigenvalue weighted by Gasteiger charge is 2.32. The van der Waals surface area contributed by atoms with Crippen molar-refractivity contribution in [1.29, 1.82) is 0 Å². The van der Waals surface area contributed by atoms with Gasteiger partial charge >= 0.3 is 0 Å². The summed E-state index contributed by atoms with van der Waals surface area (Å²) in [6, 6.07) is 8.81. The van der Waals surface area contributed by atoms with Crippen molar-refractivity contribution in [3.63, 3.8) is 0 Å². The van der Waals surface area contributed by atoms with Gasteiger partial charge in [0.05, 0.1) is 18.8 Å². The van der Waals surface area contributed by atoms with Crippen molar-refractivity contribution in [2.45, 2.75) is 45.3 Å². The zero-order valence-electron chi connectivity index (χ0n) is 13.6. The molecule has 4 rings (SSSR count). The van der Waals surface area contributed by atoms with Crippen LogP contribution in [0.25, 0.3) is 11.2 Å². The second-order valence-electron chi connectivity index (χ2n) is 6.47. The lowest BCUT2D eigenvalue weighted by molar-refractivity contribution is 0.195. The number of likely N-dealkylation sites (tertiary alicyclic amines) is 1. The molecule has 1 unspecified atom stereocenters. The first-order valence-corrected chi connectivity index (χ1v) is 8.33. The third kappa shape index (κ3) is 2.55. The summed E-state index contributed by atoms with van der Waals surface area (Å²) in [6.45, 7) is 6.34. The van der Waals surface area contributed by atoms with Crippen molar-refractivity contribution in [3.05, 3.63) is 48.3 Å². The molecule has 3 aromatic rings. The zero-order chi connectivity index (χ0) is 15.8. The van der Waals surface area contributed by atoms with E-state index in [0.717, 1.165) is 35.7 Å². The third-order valence-corrected chi connectivity index (χ3v) is 4.68. The van der Waals surface area contributed by atoms with E-state index in [4.69, 9.17) is 9.40 Å². The van der Waals surface area contributed by atoms with Crippen LogP contribution in [-0.2, 0) is 6.54 Å². The highest BCUT2D eigenvalue weighted by Crippen LogP contribution is 2.34. The molecule has 0 N–H and O–H groups in total. The Bertz CT molecular complexity index is 791. The zero-order valence-corrected chi connectivity index (χ0v) is 13.6. The molecule has 3 aromatic heterocycles. The molecule has 120 valence electrons. The number of hydrogen-bond acceptors (Lipinski definition) is 4. The summed E-state index contributed by atoms with van der Waals surface area (Å²) >= 11 is 0. The average Bonchev–Trinajstić information content (AvgIpc) is 3.26. The normalized spacial score (nSPS) is 19.2. The molecule has 0 aromatic carbocycles. The second-order valence-corrected chi connectivity index (χ2v) is 6.47. The summed E-state index contributed by atoms with van der Waals surface area (Å²) < 4.78 is 7.78. The molecule has 1 saturated heterocycles. The van der Waals surface area contributed by atoms with Gasteiger partial charge in [0.1, 0.15) is 17.1 Å². The van der Waals surface area contributed by atoms with E-state index in [9.17, 15) is 0 Å². The lowest BCUT2D eigenvalue weighted by Gasteiger charge is -2.28. The van der Waals surface area contributed by atoms with Gasteiger partial charge in [0.15, 0.2) is 5.65 Å². The van der Waals surface area contributed by atoms with Crippen LogP contribution >= 0.6 is 0 Å². The van der Waals surface area contributed by atoms with Crippen molar-refractivity contribution in [3.8, 4) is 0 Å². The van der Waals surface area contributed by atoms with Crippen molar-refractivity contribution in [1.82, 2.24) is 19.4 Å². The van der Waals surface area contributed by atoms with Gasteiger partial charge in [-0.15, -0.1) is 0 Å². The van der Waals surface area contributed by atoms with E-state index in [1.54, 1.807) is 6.26 Å². The SMILES string of the molecule is CC(C)N1CCCC1c1nc2cccnc2n1Cc1ccco1. The monoisotopic (exact) mass is 310 g/mol. The minimum atomic E-state index is 0.360. The lowest BCUT2D eigenvalue weighted by atomic mass is 10.2. The lowest BCUT2D eigenvalue weighted by Crippen LogP contribution is -2.31. The first-order valence-electron chi connectivity index (χ1n) is 8.33. The van der Waals surface area contributed by atoms with Crippen LogP contribution in [-0.4, -0.2) is 32.0 Å². The van der Waals surface area contributed by atoms with Crippen molar-refractivity contribution in [2.24, 2.45) is 0 Å². The van der Waals surface area contributed by atoms with E-state index in [1.165, 1.54) is 6.42 Å². The Kier molecular flexibility index (Phi) is 3.65. The molecule has 1 atom stereocenters. The van der Waals surface area contributed by atoms with Gasteiger partial charge in [-0.05, 0) is 57.5 Å². The highest BCUT2D eigenvalue weighted by molar-refractivity contribution is 5.71. The minimum absolute atomic E-state index is 0.360. The van der Waals surface area contributed by atoms with E-state index < -0.39 is 0 Å². The Morgan fingerprint density at radius 1 is 1.30 bits per heavy atom. The molecule has 0 radical (unpaired) electrons. The van der Waals surface area contributed by atoms with Gasteiger partial charge in [0, 0.05) is 12.2 Å². The van der Waals surface area contributed by atoms with E-state index in [1.807, 2.05) is 30.5 Å². The maximum atomic E-state index is 5.56. The molecule has 4 heterocycles. The van der Waals surface area contributed by atoms with Crippen molar-refractivity contribution < 1.29 is 4.42 Å². The van der Waals surface area contributed by atoms with Gasteiger partial charge in [0.25, 0.3) is 0 Å². The molecule has 1 fully saturated rings. The quantitative estimate of drug-likeness (QED) is 0.738. The topological polar surface area (TPSA) is 47.1 Å². The molecule has 5 heteroatoms. The number of furan rings is 1. The minimum Gasteiger partial charge on any atom is -0.467 e. The Labute approximate surface area is 135 Å². The fourth-order valence-corrected chi connectivity index (χ4v) is 3.63. The Hall–Kier alpha value is -2.14. The van der Waals surface area contributed by atoms with Crippen LogP contribution in [0, 0.1) is 0 Å². The van der Waals surface area contributed by atoms with Crippen LogP contribution in [0.4, 0.5) is 0 Å². The Morgan fingerprint density at radius 3 is 3.00 bits per heavy atom. The smallest absolute Gasteiger partial charge is 0.160 e. The van der Waals surface area contributed by atoms with Crippen molar-refractivity contribution in [2.75, 3.05) is 6.54 Å². The maximum absolute atomic E-state index is 5.56. The molecule has 5 nitrogen and oxygen atoms in total. The fourth-order valence-electron chi connectivity index (χ4n) is 3.63. The Balaban J connectivity index is 1.81. The first kappa shape index (κ1) is 14.5. The molecule has 0 saturated carbocycles. The van der Waals surface area contributed by atoms with E-state index >= 15 is 0 Å². The van der Waals surface area contributed by atoms with Gasteiger partial charge in [0.2, 0.25) is 0 Å². The summed E-state index contributed by atoms with van der Waals surface area (Å²) in [6.07, 6.45) is 5.93. The van der Waals surface area contributed by atoms with Crippen LogP contribution in [0.2, 0.25) is 0 Å². The van der Waals surface area contributed by atoms with Crippen LogP contribution in [0.15, 0.2) is 41.1 Å². The molecule has 0 amide bonds.